The Hall–Kier alpha value is -1.05. The normalized spacial score (nSPS) is 13.8. The van der Waals surface area contributed by atoms with Crippen LogP contribution in [0.3, 0.4) is 0 Å². The Balaban J connectivity index is 2.16. The maximum Gasteiger partial charge on any atom is 0.199 e. The highest BCUT2D eigenvalue weighted by atomic mass is 79.9. The summed E-state index contributed by atoms with van der Waals surface area (Å²) in [4.78, 5) is 8.90. The van der Waals surface area contributed by atoms with Crippen LogP contribution in [-0.4, -0.2) is 9.97 Å². The molecule has 0 radical (unpaired) electrons. The van der Waals surface area contributed by atoms with E-state index < -0.39 is 0 Å². The van der Waals surface area contributed by atoms with E-state index in [1.165, 1.54) is 0 Å². The second-order valence-corrected chi connectivity index (χ2v) is 5.40. The number of hydrogen-bond donors (Lipinski definition) is 2. The minimum Gasteiger partial charge on any atom is -0.460 e. The van der Waals surface area contributed by atoms with Crippen molar-refractivity contribution in [3.63, 3.8) is 0 Å². The number of nitrogen functional groups attached to an aromatic ring is 1. The molecule has 0 amide bonds. The summed E-state index contributed by atoms with van der Waals surface area (Å²) in [6.07, 6.45) is 1.60. The van der Waals surface area contributed by atoms with Crippen LogP contribution in [0.4, 0.5) is 5.82 Å². The van der Waals surface area contributed by atoms with Gasteiger partial charge in [-0.25, -0.2) is 15.8 Å². The fourth-order valence-electron chi connectivity index (χ4n) is 1.73. The number of hydrogen-bond acceptors (Lipinski definition) is 6. The average molecular weight is 313 g/mol. The Labute approximate surface area is 110 Å². The van der Waals surface area contributed by atoms with Crippen LogP contribution in [0.25, 0.3) is 11.6 Å². The van der Waals surface area contributed by atoms with Crippen molar-refractivity contribution in [2.45, 2.75) is 11.5 Å². The van der Waals surface area contributed by atoms with Crippen molar-refractivity contribution in [1.29, 1.82) is 0 Å². The molecular weight excluding hydrogens is 304 g/mol. The molecule has 0 saturated carbocycles. The van der Waals surface area contributed by atoms with Crippen molar-refractivity contribution in [2.75, 3.05) is 5.43 Å². The topological polar surface area (TPSA) is 77.0 Å². The molecule has 0 aromatic carbocycles. The molecule has 0 bridgehead atoms. The van der Waals surface area contributed by atoms with Crippen molar-refractivity contribution in [3.8, 4) is 11.6 Å². The minimum absolute atomic E-state index is 0.552. The highest BCUT2D eigenvalue weighted by Crippen LogP contribution is 2.35. The van der Waals surface area contributed by atoms with Gasteiger partial charge in [-0.3, -0.25) is 0 Å². The second kappa shape index (κ2) is 4.32. The molecule has 1 aliphatic rings. The van der Waals surface area contributed by atoms with Crippen molar-refractivity contribution >= 4 is 33.5 Å². The SMILES string of the molecule is NNc1nc(-c2occc2Br)nc2c1CSC2. The standard InChI is InChI=1S/C10H9BrN4OS/c11-6-1-2-16-8(6)10-13-7-4-17-3-5(7)9(14-10)15-12/h1-2H,3-4,12H2,(H,13,14,15). The zero-order valence-electron chi connectivity index (χ0n) is 8.74. The first kappa shape index (κ1) is 11.1. The average Bonchev–Trinajstić information content (AvgIpc) is 2.95. The molecule has 0 fully saturated rings. The van der Waals surface area contributed by atoms with E-state index in [0.29, 0.717) is 17.4 Å². The van der Waals surface area contributed by atoms with Gasteiger partial charge >= 0.3 is 0 Å². The summed E-state index contributed by atoms with van der Waals surface area (Å²) in [5.74, 6) is 9.13. The lowest BCUT2D eigenvalue weighted by Gasteiger charge is -2.07. The second-order valence-electron chi connectivity index (χ2n) is 3.56. The highest BCUT2D eigenvalue weighted by molar-refractivity contribution is 9.10. The molecule has 0 saturated heterocycles. The van der Waals surface area contributed by atoms with Crippen molar-refractivity contribution in [2.24, 2.45) is 5.84 Å². The quantitative estimate of drug-likeness (QED) is 0.655. The van der Waals surface area contributed by atoms with Gasteiger partial charge in [0.2, 0.25) is 0 Å². The fraction of sp³-hybridized carbons (Fsp3) is 0.200. The Morgan fingerprint density at radius 3 is 3.00 bits per heavy atom. The lowest BCUT2D eigenvalue weighted by Crippen LogP contribution is -2.12. The van der Waals surface area contributed by atoms with Crippen LogP contribution in [0.2, 0.25) is 0 Å². The van der Waals surface area contributed by atoms with Gasteiger partial charge in [-0.2, -0.15) is 11.8 Å². The molecule has 3 heterocycles. The van der Waals surface area contributed by atoms with Crippen LogP contribution in [0, 0.1) is 0 Å². The molecule has 5 nitrogen and oxygen atoms in total. The lowest BCUT2D eigenvalue weighted by molar-refractivity contribution is 0.575. The van der Waals surface area contributed by atoms with E-state index in [0.717, 1.165) is 27.2 Å². The van der Waals surface area contributed by atoms with Crippen molar-refractivity contribution in [1.82, 2.24) is 9.97 Å². The monoisotopic (exact) mass is 312 g/mol. The molecular formula is C10H9BrN4OS. The zero-order chi connectivity index (χ0) is 11.8. The number of thioether (sulfide) groups is 1. The molecule has 88 valence electrons. The third-order valence-electron chi connectivity index (χ3n) is 2.53. The summed E-state index contributed by atoms with van der Waals surface area (Å²) in [5, 5.41) is 0. The molecule has 0 spiro atoms. The maximum absolute atomic E-state index is 5.49. The van der Waals surface area contributed by atoms with Gasteiger partial charge in [-0.1, -0.05) is 0 Å². The number of fused-ring (bicyclic) bond motifs is 1. The first-order valence-corrected chi connectivity index (χ1v) is 6.92. The predicted octanol–water partition coefficient (Wildman–Crippen LogP) is 2.53. The van der Waals surface area contributed by atoms with Gasteiger partial charge in [0.25, 0.3) is 0 Å². The largest absolute Gasteiger partial charge is 0.460 e. The van der Waals surface area contributed by atoms with Gasteiger partial charge < -0.3 is 9.84 Å². The molecule has 2 aromatic heterocycles. The summed E-state index contributed by atoms with van der Waals surface area (Å²) in [7, 11) is 0. The number of furan rings is 1. The molecule has 3 rings (SSSR count). The summed E-state index contributed by atoms with van der Waals surface area (Å²) in [6, 6.07) is 1.82. The van der Waals surface area contributed by atoms with E-state index in [9.17, 15) is 0 Å². The van der Waals surface area contributed by atoms with Crippen LogP contribution in [0.5, 0.6) is 0 Å². The molecule has 2 aromatic rings. The first-order chi connectivity index (χ1) is 8.29. The maximum atomic E-state index is 5.49. The molecule has 7 heteroatoms. The predicted molar refractivity (Wildman–Crippen MR) is 70.2 cm³/mol. The van der Waals surface area contributed by atoms with Gasteiger partial charge in [0, 0.05) is 17.1 Å². The van der Waals surface area contributed by atoms with Crippen LogP contribution in [0.1, 0.15) is 11.3 Å². The molecule has 0 aliphatic carbocycles. The Kier molecular flexibility index (Phi) is 2.81. The van der Waals surface area contributed by atoms with Crippen LogP contribution < -0.4 is 11.3 Å². The van der Waals surface area contributed by atoms with E-state index >= 15 is 0 Å². The van der Waals surface area contributed by atoms with Gasteiger partial charge in [-0.15, -0.1) is 0 Å². The summed E-state index contributed by atoms with van der Waals surface area (Å²) in [5.41, 5.74) is 4.74. The highest BCUT2D eigenvalue weighted by Gasteiger charge is 2.21. The number of nitrogens with zero attached hydrogens (tertiary/aromatic N) is 2. The molecule has 0 atom stereocenters. The number of nitrogens with two attached hydrogens (primary N) is 1. The Bertz CT molecular complexity index is 571. The van der Waals surface area contributed by atoms with Gasteiger partial charge in [0.05, 0.1) is 16.4 Å². The van der Waals surface area contributed by atoms with Crippen molar-refractivity contribution in [3.05, 3.63) is 28.1 Å². The van der Waals surface area contributed by atoms with Crippen LogP contribution >= 0.6 is 27.7 Å². The third kappa shape index (κ3) is 1.84. The van der Waals surface area contributed by atoms with E-state index in [2.05, 4.69) is 31.3 Å². The number of hydrazine groups is 1. The number of halogens is 1. The number of anilines is 1. The Morgan fingerprint density at radius 1 is 1.41 bits per heavy atom. The van der Waals surface area contributed by atoms with Gasteiger partial charge in [0.15, 0.2) is 11.6 Å². The molecule has 1 aliphatic heterocycles. The van der Waals surface area contributed by atoms with Crippen molar-refractivity contribution < 1.29 is 4.42 Å². The van der Waals surface area contributed by atoms with Gasteiger partial charge in [0.1, 0.15) is 5.82 Å². The van der Waals surface area contributed by atoms with Crippen LogP contribution in [-0.2, 0) is 11.5 Å². The fourth-order valence-corrected chi connectivity index (χ4v) is 3.15. The van der Waals surface area contributed by atoms with E-state index in [1.54, 1.807) is 18.0 Å². The molecule has 17 heavy (non-hydrogen) atoms. The van der Waals surface area contributed by atoms with E-state index in [1.807, 2.05) is 6.07 Å². The number of aromatic nitrogens is 2. The smallest absolute Gasteiger partial charge is 0.199 e. The zero-order valence-corrected chi connectivity index (χ0v) is 11.1. The van der Waals surface area contributed by atoms with E-state index in [4.69, 9.17) is 10.3 Å². The summed E-state index contributed by atoms with van der Waals surface area (Å²) in [6.45, 7) is 0. The number of rotatable bonds is 2. The third-order valence-corrected chi connectivity index (χ3v) is 4.13. The van der Waals surface area contributed by atoms with Crippen LogP contribution in [0.15, 0.2) is 21.2 Å². The van der Waals surface area contributed by atoms with Gasteiger partial charge in [-0.05, 0) is 22.0 Å². The lowest BCUT2D eigenvalue weighted by atomic mass is 10.2. The molecule has 3 N–H and O–H groups in total. The minimum atomic E-state index is 0.552. The molecule has 0 unspecified atom stereocenters. The Morgan fingerprint density at radius 2 is 2.29 bits per heavy atom. The first-order valence-electron chi connectivity index (χ1n) is 4.97. The van der Waals surface area contributed by atoms with E-state index in [-0.39, 0.29) is 0 Å². The number of nitrogens with one attached hydrogen (secondary N) is 1. The summed E-state index contributed by atoms with van der Waals surface area (Å²) >= 11 is 5.20. The summed E-state index contributed by atoms with van der Waals surface area (Å²) < 4.78 is 6.20.